The van der Waals surface area contributed by atoms with Crippen molar-refractivity contribution in [2.75, 3.05) is 11.9 Å². The quantitative estimate of drug-likeness (QED) is 0.633. The number of carboxylic acids is 1. The second-order valence-corrected chi connectivity index (χ2v) is 9.55. The van der Waals surface area contributed by atoms with Crippen LogP contribution in [0.3, 0.4) is 0 Å². The number of amides is 1. The van der Waals surface area contributed by atoms with Crippen molar-refractivity contribution in [2.45, 2.75) is 65.5 Å². The van der Waals surface area contributed by atoms with Gasteiger partial charge in [-0.3, -0.25) is 4.79 Å². The van der Waals surface area contributed by atoms with Crippen molar-refractivity contribution in [2.24, 2.45) is 5.41 Å². The van der Waals surface area contributed by atoms with Crippen LogP contribution in [0.4, 0.5) is 20.8 Å². The molecule has 0 bridgehead atoms. The second kappa shape index (κ2) is 8.40. The molecule has 3 rings (SSSR count). The van der Waals surface area contributed by atoms with Crippen LogP contribution in [0.2, 0.25) is 0 Å². The first-order valence-corrected chi connectivity index (χ1v) is 10.5. The Morgan fingerprint density at radius 2 is 2.00 bits per heavy atom. The summed E-state index contributed by atoms with van der Waals surface area (Å²) in [6, 6.07) is 4.09. The summed E-state index contributed by atoms with van der Waals surface area (Å²) >= 11 is 0. The van der Waals surface area contributed by atoms with Crippen LogP contribution in [0.1, 0.15) is 51.9 Å². The number of rotatable bonds is 5. The predicted molar refractivity (Wildman–Crippen MR) is 117 cm³/mol. The van der Waals surface area contributed by atoms with Crippen molar-refractivity contribution in [3.05, 3.63) is 35.4 Å². The molecule has 0 aliphatic carbocycles. The van der Waals surface area contributed by atoms with E-state index in [0.717, 1.165) is 5.69 Å². The standard InChI is InChI=1S/C22H30FN5O4/c1-13-10-17(28(26-13)21(3,4)5)25-18-16(23)7-6-15(24-18)12-22(19(29)30)8-9-27(20(31)32)14(2)11-22/h6-7,10,14H,8-9,11-12H2,1-5H3,(H,24,25)(H,29,30)(H,31,32)/t14-,22?/m1/s1. The molecule has 1 saturated heterocycles. The molecule has 3 heterocycles. The molecule has 0 radical (unpaired) electrons. The number of piperidine rings is 1. The third-order valence-electron chi connectivity index (χ3n) is 5.89. The first-order chi connectivity index (χ1) is 14.8. The third kappa shape index (κ3) is 4.68. The Kier molecular flexibility index (Phi) is 6.17. The molecule has 1 aliphatic heterocycles. The number of aryl methyl sites for hydroxylation is 1. The van der Waals surface area contributed by atoms with Crippen molar-refractivity contribution in [1.82, 2.24) is 19.7 Å². The summed E-state index contributed by atoms with van der Waals surface area (Å²) in [6.07, 6.45) is -0.663. The Labute approximate surface area is 186 Å². The number of nitrogens with zero attached hydrogens (tertiary/aromatic N) is 4. The number of pyridine rings is 1. The summed E-state index contributed by atoms with van der Waals surface area (Å²) in [7, 11) is 0. The summed E-state index contributed by atoms with van der Waals surface area (Å²) in [6.45, 7) is 9.60. The molecular weight excluding hydrogens is 417 g/mol. The van der Waals surface area contributed by atoms with Gasteiger partial charge < -0.3 is 20.4 Å². The molecule has 174 valence electrons. The fourth-order valence-corrected chi connectivity index (χ4v) is 4.28. The molecule has 0 saturated carbocycles. The number of likely N-dealkylation sites (tertiary alicyclic amines) is 1. The molecular formula is C22H30FN5O4. The van der Waals surface area contributed by atoms with Crippen molar-refractivity contribution < 1.29 is 24.2 Å². The maximum atomic E-state index is 14.6. The van der Waals surface area contributed by atoms with E-state index in [1.807, 2.05) is 27.7 Å². The molecule has 1 amide bonds. The Hall–Kier alpha value is -3.17. The lowest BCUT2D eigenvalue weighted by molar-refractivity contribution is -0.153. The van der Waals surface area contributed by atoms with Gasteiger partial charge in [-0.1, -0.05) is 0 Å². The summed E-state index contributed by atoms with van der Waals surface area (Å²) < 4.78 is 16.3. The Bertz CT molecular complexity index is 1030. The lowest BCUT2D eigenvalue weighted by Gasteiger charge is -2.41. The summed E-state index contributed by atoms with van der Waals surface area (Å²) in [4.78, 5) is 29.2. The van der Waals surface area contributed by atoms with Crippen LogP contribution in [-0.4, -0.2) is 54.5 Å². The number of nitrogens with one attached hydrogen (secondary N) is 1. The highest BCUT2D eigenvalue weighted by atomic mass is 19.1. The van der Waals surface area contributed by atoms with Crippen molar-refractivity contribution >= 4 is 23.7 Å². The second-order valence-electron chi connectivity index (χ2n) is 9.55. The van der Waals surface area contributed by atoms with Gasteiger partial charge >= 0.3 is 12.1 Å². The zero-order valence-electron chi connectivity index (χ0n) is 19.0. The number of hydrogen-bond donors (Lipinski definition) is 3. The molecule has 2 aromatic heterocycles. The van der Waals surface area contributed by atoms with E-state index in [1.54, 1.807) is 17.7 Å². The van der Waals surface area contributed by atoms with Gasteiger partial charge in [0.05, 0.1) is 16.6 Å². The lowest BCUT2D eigenvalue weighted by atomic mass is 9.72. The topological polar surface area (TPSA) is 121 Å². The summed E-state index contributed by atoms with van der Waals surface area (Å²) in [5.41, 5.74) is -0.322. The largest absolute Gasteiger partial charge is 0.481 e. The van der Waals surface area contributed by atoms with Crippen molar-refractivity contribution in [3.8, 4) is 0 Å². The number of carbonyl (C=O) groups is 2. The molecule has 10 heteroatoms. The highest BCUT2D eigenvalue weighted by molar-refractivity contribution is 5.76. The van der Waals surface area contributed by atoms with Gasteiger partial charge in [0.1, 0.15) is 5.82 Å². The highest BCUT2D eigenvalue weighted by Gasteiger charge is 2.46. The van der Waals surface area contributed by atoms with E-state index in [9.17, 15) is 24.2 Å². The Morgan fingerprint density at radius 1 is 1.31 bits per heavy atom. The first-order valence-electron chi connectivity index (χ1n) is 10.5. The Morgan fingerprint density at radius 3 is 2.56 bits per heavy atom. The number of halogens is 1. The van der Waals surface area contributed by atoms with Gasteiger partial charge in [0.15, 0.2) is 11.6 Å². The summed E-state index contributed by atoms with van der Waals surface area (Å²) in [5.74, 6) is -0.998. The van der Waals surface area contributed by atoms with Gasteiger partial charge in [-0.2, -0.15) is 5.10 Å². The normalized spacial score (nSPS) is 21.4. The SMILES string of the molecule is Cc1cc(Nc2nc(CC3(C(=O)O)CCN(C(=O)O)[C@H](C)C3)ccc2F)n(C(C)(C)C)n1. The van der Waals surface area contributed by atoms with Gasteiger partial charge in [-0.25, -0.2) is 18.9 Å². The van der Waals surface area contributed by atoms with E-state index in [-0.39, 0.29) is 37.2 Å². The number of carboxylic acid groups (broad SMARTS) is 2. The monoisotopic (exact) mass is 447 g/mol. The van der Waals surface area contributed by atoms with E-state index in [2.05, 4.69) is 15.4 Å². The van der Waals surface area contributed by atoms with Crippen molar-refractivity contribution in [3.63, 3.8) is 0 Å². The summed E-state index contributed by atoms with van der Waals surface area (Å²) in [5, 5.41) is 26.8. The van der Waals surface area contributed by atoms with Crippen LogP contribution in [0, 0.1) is 18.2 Å². The van der Waals surface area contributed by atoms with Crippen LogP contribution in [0.5, 0.6) is 0 Å². The zero-order chi connectivity index (χ0) is 23.8. The van der Waals surface area contributed by atoms with Crippen LogP contribution in [0.25, 0.3) is 0 Å². The van der Waals surface area contributed by atoms with E-state index >= 15 is 0 Å². The molecule has 9 nitrogen and oxygen atoms in total. The molecule has 1 aliphatic rings. The van der Waals surface area contributed by atoms with Crippen LogP contribution < -0.4 is 5.32 Å². The van der Waals surface area contributed by atoms with Crippen LogP contribution in [0.15, 0.2) is 18.2 Å². The van der Waals surface area contributed by atoms with Crippen LogP contribution in [-0.2, 0) is 16.8 Å². The van der Waals surface area contributed by atoms with Gasteiger partial charge in [-0.05, 0) is 59.6 Å². The minimum absolute atomic E-state index is 0.00976. The fraction of sp³-hybridized carbons (Fsp3) is 0.545. The molecule has 1 unspecified atom stereocenters. The highest BCUT2D eigenvalue weighted by Crippen LogP contribution is 2.38. The predicted octanol–water partition coefficient (Wildman–Crippen LogP) is 4.00. The Balaban J connectivity index is 1.89. The molecule has 1 fully saturated rings. The molecule has 32 heavy (non-hydrogen) atoms. The van der Waals surface area contributed by atoms with Gasteiger partial charge in [0, 0.05) is 30.8 Å². The third-order valence-corrected chi connectivity index (χ3v) is 5.89. The minimum Gasteiger partial charge on any atom is -0.481 e. The average Bonchev–Trinajstić information content (AvgIpc) is 3.05. The van der Waals surface area contributed by atoms with E-state index in [4.69, 9.17) is 0 Å². The number of aliphatic carboxylic acids is 1. The molecule has 3 N–H and O–H groups in total. The maximum Gasteiger partial charge on any atom is 0.407 e. The molecule has 0 aromatic carbocycles. The lowest BCUT2D eigenvalue weighted by Crippen LogP contribution is -2.51. The molecule has 2 atom stereocenters. The van der Waals surface area contributed by atoms with E-state index < -0.39 is 29.3 Å². The first kappa shape index (κ1) is 23.5. The number of hydrogen-bond acceptors (Lipinski definition) is 5. The van der Waals surface area contributed by atoms with E-state index in [1.165, 1.54) is 17.0 Å². The fourth-order valence-electron chi connectivity index (χ4n) is 4.28. The van der Waals surface area contributed by atoms with Gasteiger partial charge in [0.2, 0.25) is 0 Å². The number of anilines is 2. The average molecular weight is 448 g/mol. The van der Waals surface area contributed by atoms with Crippen LogP contribution >= 0.6 is 0 Å². The molecule has 2 aromatic rings. The van der Waals surface area contributed by atoms with E-state index in [0.29, 0.717) is 11.5 Å². The zero-order valence-corrected chi connectivity index (χ0v) is 19.0. The van der Waals surface area contributed by atoms with Gasteiger partial charge in [0.25, 0.3) is 0 Å². The molecule has 0 spiro atoms. The van der Waals surface area contributed by atoms with Crippen molar-refractivity contribution in [1.29, 1.82) is 0 Å². The minimum atomic E-state index is -1.17. The number of aromatic nitrogens is 3. The smallest absolute Gasteiger partial charge is 0.407 e. The van der Waals surface area contributed by atoms with Gasteiger partial charge in [-0.15, -0.1) is 0 Å². The maximum absolute atomic E-state index is 14.6.